The lowest BCUT2D eigenvalue weighted by atomic mass is 10.0. The van der Waals surface area contributed by atoms with Gasteiger partial charge in [0.05, 0.1) is 6.10 Å². The van der Waals surface area contributed by atoms with Crippen LogP contribution in [0.1, 0.15) is 38.7 Å². The lowest BCUT2D eigenvalue weighted by Gasteiger charge is -2.24. The Morgan fingerprint density at radius 2 is 1.50 bits per heavy atom. The van der Waals surface area contributed by atoms with E-state index in [-0.39, 0.29) is 18.6 Å². The number of nitrogens with two attached hydrogens (primary N) is 2. The molecule has 0 radical (unpaired) electrons. The molecule has 0 saturated heterocycles. The predicted molar refractivity (Wildman–Crippen MR) is 123 cm³/mol. The molecule has 10 N–H and O–H groups in total. The normalized spacial score (nSPS) is 15.3. The van der Waals surface area contributed by atoms with Crippen molar-refractivity contribution in [1.82, 2.24) is 16.0 Å². The number of aliphatic hydroxyl groups excluding tert-OH is 1. The number of hydrogen-bond donors (Lipinski definition) is 8. The molecule has 34 heavy (non-hydrogen) atoms. The molecule has 0 fully saturated rings. The number of phenols is 1. The first kappa shape index (κ1) is 28.8. The summed E-state index contributed by atoms with van der Waals surface area (Å²) >= 11 is 0. The highest BCUT2D eigenvalue weighted by molar-refractivity contribution is 5.94. The maximum Gasteiger partial charge on any atom is 0.326 e. The number of aromatic hydroxyl groups is 1. The molecule has 0 aliphatic heterocycles. The molecule has 5 unspecified atom stereocenters. The molecule has 1 rings (SSSR count). The number of carboxylic acids is 1. The van der Waals surface area contributed by atoms with Gasteiger partial charge in [-0.05, 0) is 57.4 Å². The van der Waals surface area contributed by atoms with Crippen LogP contribution in [0.3, 0.4) is 0 Å². The van der Waals surface area contributed by atoms with Gasteiger partial charge in [0.25, 0.3) is 0 Å². The molecule has 0 saturated carbocycles. The first-order chi connectivity index (χ1) is 16.0. The van der Waals surface area contributed by atoms with Crippen LogP contribution in [-0.2, 0) is 25.6 Å². The van der Waals surface area contributed by atoms with Crippen molar-refractivity contribution in [3.05, 3.63) is 29.8 Å². The topological polar surface area (TPSA) is 217 Å². The Hall–Kier alpha value is -3.22. The molecule has 0 spiro atoms. The van der Waals surface area contributed by atoms with Crippen LogP contribution < -0.4 is 27.4 Å². The fraction of sp³-hybridized carbons (Fsp3) is 0.545. The molecule has 190 valence electrons. The Morgan fingerprint density at radius 3 is 2.03 bits per heavy atom. The zero-order valence-electron chi connectivity index (χ0n) is 19.4. The van der Waals surface area contributed by atoms with Gasteiger partial charge in [-0.1, -0.05) is 12.1 Å². The third-order valence-corrected chi connectivity index (χ3v) is 5.15. The first-order valence-electron chi connectivity index (χ1n) is 11.0. The molecule has 0 aromatic heterocycles. The number of carbonyl (C=O) groups excluding carboxylic acids is 3. The van der Waals surface area contributed by atoms with Gasteiger partial charge in [-0.3, -0.25) is 14.4 Å². The van der Waals surface area contributed by atoms with Gasteiger partial charge in [0.15, 0.2) is 0 Å². The number of amides is 3. The van der Waals surface area contributed by atoms with Crippen molar-refractivity contribution in [1.29, 1.82) is 0 Å². The summed E-state index contributed by atoms with van der Waals surface area (Å²) in [6.07, 6.45) is 0.132. The van der Waals surface area contributed by atoms with E-state index < -0.39 is 54.0 Å². The largest absolute Gasteiger partial charge is 0.508 e. The molecule has 5 atom stereocenters. The monoisotopic (exact) mass is 481 g/mol. The van der Waals surface area contributed by atoms with Crippen molar-refractivity contribution in [3.8, 4) is 5.75 Å². The minimum absolute atomic E-state index is 0.000840. The summed E-state index contributed by atoms with van der Waals surface area (Å²) in [5.41, 5.74) is 11.6. The number of carboxylic acid groups (broad SMARTS) is 1. The minimum atomic E-state index is -1.24. The van der Waals surface area contributed by atoms with E-state index in [4.69, 9.17) is 11.5 Å². The molecule has 0 heterocycles. The van der Waals surface area contributed by atoms with Gasteiger partial charge in [0.1, 0.15) is 29.9 Å². The van der Waals surface area contributed by atoms with E-state index in [9.17, 15) is 34.5 Å². The highest BCUT2D eigenvalue weighted by Gasteiger charge is 2.29. The van der Waals surface area contributed by atoms with E-state index in [2.05, 4.69) is 16.0 Å². The quantitative estimate of drug-likeness (QED) is 0.142. The Balaban J connectivity index is 2.97. The van der Waals surface area contributed by atoms with Crippen molar-refractivity contribution in [3.63, 3.8) is 0 Å². The number of hydrogen-bond acceptors (Lipinski definition) is 8. The van der Waals surface area contributed by atoms with Gasteiger partial charge in [-0.2, -0.15) is 0 Å². The Bertz CT molecular complexity index is 831. The SMILES string of the molecule is CC(NC(=O)C(N)C(C)O)C(=O)NC(Cc1ccc(O)cc1)C(=O)NC(CCCCN)C(=O)O. The van der Waals surface area contributed by atoms with E-state index >= 15 is 0 Å². The first-order valence-corrected chi connectivity index (χ1v) is 11.0. The fourth-order valence-corrected chi connectivity index (χ4v) is 2.99. The fourth-order valence-electron chi connectivity index (χ4n) is 2.99. The van der Waals surface area contributed by atoms with Crippen LogP contribution in [0.2, 0.25) is 0 Å². The highest BCUT2D eigenvalue weighted by Crippen LogP contribution is 2.12. The number of rotatable bonds is 14. The van der Waals surface area contributed by atoms with Gasteiger partial charge < -0.3 is 42.7 Å². The summed E-state index contributed by atoms with van der Waals surface area (Å²) in [6.45, 7) is 3.10. The Morgan fingerprint density at radius 1 is 0.912 bits per heavy atom. The second kappa shape index (κ2) is 14.1. The molecule has 0 aliphatic rings. The summed E-state index contributed by atoms with van der Waals surface area (Å²) in [5.74, 6) is -3.37. The summed E-state index contributed by atoms with van der Waals surface area (Å²) in [5, 5.41) is 35.7. The van der Waals surface area contributed by atoms with Gasteiger partial charge in [-0.25, -0.2) is 4.79 Å². The number of carbonyl (C=O) groups is 4. The van der Waals surface area contributed by atoms with Crippen LogP contribution in [0.4, 0.5) is 0 Å². The zero-order valence-corrected chi connectivity index (χ0v) is 19.4. The van der Waals surface area contributed by atoms with Crippen molar-refractivity contribution in [2.24, 2.45) is 11.5 Å². The van der Waals surface area contributed by atoms with Crippen LogP contribution >= 0.6 is 0 Å². The zero-order chi connectivity index (χ0) is 25.8. The summed E-state index contributed by atoms with van der Waals surface area (Å²) in [6, 6.07) is 1.29. The minimum Gasteiger partial charge on any atom is -0.508 e. The van der Waals surface area contributed by atoms with Crippen molar-refractivity contribution >= 4 is 23.7 Å². The number of unbranched alkanes of at least 4 members (excludes halogenated alkanes) is 1. The molecule has 12 heteroatoms. The number of aliphatic hydroxyl groups is 1. The Labute approximate surface area is 198 Å². The standard InChI is InChI=1S/C22H35N5O7/c1-12(25-21(32)18(24)13(2)28)19(30)27-17(11-14-6-8-15(29)9-7-14)20(31)26-16(22(33)34)5-3-4-10-23/h6-9,12-13,16-18,28-29H,3-5,10-11,23-24H2,1-2H3,(H,25,32)(H,26,31)(H,27,30)(H,33,34). The van der Waals surface area contributed by atoms with Crippen molar-refractivity contribution in [2.45, 2.75) is 69.8 Å². The molecule has 0 aliphatic carbocycles. The average molecular weight is 482 g/mol. The highest BCUT2D eigenvalue weighted by atomic mass is 16.4. The number of aliphatic carboxylic acids is 1. The van der Waals surface area contributed by atoms with Crippen LogP contribution in [0.15, 0.2) is 24.3 Å². The smallest absolute Gasteiger partial charge is 0.326 e. The third-order valence-electron chi connectivity index (χ3n) is 5.15. The maximum atomic E-state index is 12.9. The lowest BCUT2D eigenvalue weighted by molar-refractivity contribution is -0.142. The second-order valence-electron chi connectivity index (χ2n) is 8.11. The van der Waals surface area contributed by atoms with Crippen LogP contribution in [0, 0.1) is 0 Å². The van der Waals surface area contributed by atoms with E-state index in [0.717, 1.165) is 0 Å². The van der Waals surface area contributed by atoms with Gasteiger partial charge >= 0.3 is 5.97 Å². The number of nitrogens with one attached hydrogen (secondary N) is 3. The summed E-state index contributed by atoms with van der Waals surface area (Å²) in [7, 11) is 0. The second-order valence-corrected chi connectivity index (χ2v) is 8.11. The van der Waals surface area contributed by atoms with Gasteiger partial charge in [-0.15, -0.1) is 0 Å². The molecule has 3 amide bonds. The number of phenolic OH excluding ortho intramolecular Hbond substituents is 1. The van der Waals surface area contributed by atoms with Crippen molar-refractivity contribution < 1.29 is 34.5 Å². The lowest BCUT2D eigenvalue weighted by Crippen LogP contribution is -2.57. The molecule has 1 aromatic rings. The molecular formula is C22H35N5O7. The third kappa shape index (κ3) is 9.73. The van der Waals surface area contributed by atoms with E-state index in [0.29, 0.717) is 24.9 Å². The number of benzene rings is 1. The van der Waals surface area contributed by atoms with Crippen LogP contribution in [0.5, 0.6) is 5.75 Å². The molecular weight excluding hydrogens is 446 g/mol. The van der Waals surface area contributed by atoms with Crippen LogP contribution in [0.25, 0.3) is 0 Å². The van der Waals surface area contributed by atoms with Crippen molar-refractivity contribution in [2.75, 3.05) is 6.54 Å². The molecule has 1 aromatic carbocycles. The van der Waals surface area contributed by atoms with E-state index in [1.165, 1.54) is 26.0 Å². The van der Waals surface area contributed by atoms with E-state index in [1.54, 1.807) is 12.1 Å². The summed E-state index contributed by atoms with van der Waals surface area (Å²) < 4.78 is 0. The maximum absolute atomic E-state index is 12.9. The van der Waals surface area contributed by atoms with Gasteiger partial charge in [0.2, 0.25) is 17.7 Å². The molecule has 0 bridgehead atoms. The van der Waals surface area contributed by atoms with Gasteiger partial charge in [0, 0.05) is 6.42 Å². The van der Waals surface area contributed by atoms with E-state index in [1.807, 2.05) is 0 Å². The Kier molecular flexibility index (Phi) is 12.0. The predicted octanol–water partition coefficient (Wildman–Crippen LogP) is -1.67. The average Bonchev–Trinajstić information content (AvgIpc) is 2.78. The summed E-state index contributed by atoms with van der Waals surface area (Å²) in [4.78, 5) is 49.2. The van der Waals surface area contributed by atoms with Crippen LogP contribution in [-0.4, -0.2) is 75.8 Å². The molecule has 12 nitrogen and oxygen atoms in total.